The molecule has 0 bridgehead atoms. The summed E-state index contributed by atoms with van der Waals surface area (Å²) in [5.74, 6) is 1.90. The lowest BCUT2D eigenvalue weighted by atomic mass is 9.97. The second kappa shape index (κ2) is 5.53. The van der Waals surface area contributed by atoms with Crippen molar-refractivity contribution < 1.29 is 4.74 Å². The van der Waals surface area contributed by atoms with Crippen molar-refractivity contribution in [2.45, 2.75) is 34.6 Å². The molecule has 0 atom stereocenters. The number of ether oxygens (including phenoxy) is 1. The number of rotatable bonds is 2. The van der Waals surface area contributed by atoms with Gasteiger partial charge < -0.3 is 10.1 Å². The van der Waals surface area contributed by atoms with E-state index in [9.17, 15) is 0 Å². The van der Waals surface area contributed by atoms with E-state index in [1.54, 1.807) is 0 Å². The molecule has 2 aromatic carbocycles. The highest BCUT2D eigenvalue weighted by molar-refractivity contribution is 5.76. The average Bonchev–Trinajstić information content (AvgIpc) is 2.49. The molecule has 0 aliphatic carbocycles. The molecule has 1 aliphatic rings. The first-order chi connectivity index (χ1) is 10.5. The number of nitrogens with one attached hydrogen (secondary N) is 1. The Hall–Kier alpha value is -2.22. The average molecular weight is 293 g/mol. The maximum absolute atomic E-state index is 6.21. The van der Waals surface area contributed by atoms with Crippen LogP contribution in [0.25, 0.3) is 11.1 Å². The highest BCUT2D eigenvalue weighted by atomic mass is 16.5. The summed E-state index contributed by atoms with van der Waals surface area (Å²) in [7, 11) is 0. The molecule has 2 aromatic rings. The first kappa shape index (κ1) is 14.7. The van der Waals surface area contributed by atoms with E-state index in [0.29, 0.717) is 0 Å². The van der Waals surface area contributed by atoms with Crippen molar-refractivity contribution in [1.29, 1.82) is 0 Å². The highest BCUT2D eigenvalue weighted by Crippen LogP contribution is 2.36. The van der Waals surface area contributed by atoms with Crippen molar-refractivity contribution in [2.24, 2.45) is 0 Å². The number of benzene rings is 2. The van der Waals surface area contributed by atoms with Crippen LogP contribution in [0.3, 0.4) is 0 Å². The van der Waals surface area contributed by atoms with Crippen molar-refractivity contribution >= 4 is 16.8 Å². The zero-order valence-corrected chi connectivity index (χ0v) is 14.0. The minimum absolute atomic E-state index is 0.910. The van der Waals surface area contributed by atoms with Crippen molar-refractivity contribution in [3.8, 4) is 11.5 Å². The normalized spacial score (nSPS) is 12.3. The Morgan fingerprint density at radius 1 is 1.05 bits per heavy atom. The van der Waals surface area contributed by atoms with Crippen molar-refractivity contribution in [2.75, 3.05) is 11.9 Å². The summed E-state index contributed by atoms with van der Waals surface area (Å²) in [6.07, 6.45) is 0. The minimum Gasteiger partial charge on any atom is -0.456 e. The monoisotopic (exact) mass is 293 g/mol. The maximum atomic E-state index is 6.21. The van der Waals surface area contributed by atoms with Gasteiger partial charge in [0, 0.05) is 29.1 Å². The van der Waals surface area contributed by atoms with Gasteiger partial charge in [-0.1, -0.05) is 17.7 Å². The third-order valence-electron chi connectivity index (χ3n) is 4.28. The van der Waals surface area contributed by atoms with Crippen LogP contribution in [0.1, 0.15) is 38.8 Å². The van der Waals surface area contributed by atoms with Crippen LogP contribution in [0, 0.1) is 6.92 Å². The van der Waals surface area contributed by atoms with Crippen LogP contribution >= 0.6 is 0 Å². The number of anilines is 1. The summed E-state index contributed by atoms with van der Waals surface area (Å²) < 4.78 is 6.21. The summed E-state index contributed by atoms with van der Waals surface area (Å²) in [6, 6.07) is 10.8. The molecule has 2 nitrogen and oxygen atoms in total. The van der Waals surface area contributed by atoms with Gasteiger partial charge in [0.05, 0.1) is 0 Å². The largest absolute Gasteiger partial charge is 0.456 e. The predicted octanol–water partition coefficient (Wildman–Crippen LogP) is 3.94. The number of aryl methyl sites for hydroxylation is 1. The third-order valence-corrected chi connectivity index (χ3v) is 4.28. The molecule has 0 saturated heterocycles. The van der Waals surface area contributed by atoms with E-state index in [1.165, 1.54) is 32.7 Å². The van der Waals surface area contributed by atoms with Crippen molar-refractivity contribution in [3.63, 3.8) is 0 Å². The van der Waals surface area contributed by atoms with Crippen molar-refractivity contribution in [1.82, 2.24) is 0 Å². The summed E-state index contributed by atoms with van der Waals surface area (Å²) in [4.78, 5) is 0. The fraction of sp³-hybridized carbons (Fsp3) is 0.300. The Bertz CT molecular complexity index is 858. The second-order valence-corrected chi connectivity index (χ2v) is 6.13. The van der Waals surface area contributed by atoms with Crippen LogP contribution in [-0.4, -0.2) is 6.54 Å². The predicted molar refractivity (Wildman–Crippen MR) is 94.0 cm³/mol. The number of hydrogen-bond acceptors (Lipinski definition) is 2. The molecule has 22 heavy (non-hydrogen) atoms. The van der Waals surface area contributed by atoms with E-state index >= 15 is 0 Å². The lowest BCUT2D eigenvalue weighted by molar-refractivity contribution is 0.471. The Morgan fingerprint density at radius 3 is 2.50 bits per heavy atom. The molecule has 0 aromatic heterocycles. The van der Waals surface area contributed by atoms with Crippen LogP contribution in [0.5, 0.6) is 11.5 Å². The molecule has 0 fully saturated rings. The molecular formula is C20H23NO. The Labute approximate surface area is 132 Å². The van der Waals surface area contributed by atoms with E-state index in [0.717, 1.165) is 23.7 Å². The second-order valence-electron chi connectivity index (χ2n) is 6.13. The quantitative estimate of drug-likeness (QED) is 0.905. The molecule has 1 aliphatic heterocycles. The number of fused-ring (bicyclic) bond motifs is 2. The highest BCUT2D eigenvalue weighted by Gasteiger charge is 2.17. The summed E-state index contributed by atoms with van der Waals surface area (Å²) in [5, 5.41) is 5.82. The van der Waals surface area contributed by atoms with Gasteiger partial charge in [0.25, 0.3) is 0 Å². The molecule has 0 amide bonds. The molecule has 114 valence electrons. The Kier molecular flexibility index (Phi) is 3.69. The molecule has 0 unspecified atom stereocenters. The molecular weight excluding hydrogens is 270 g/mol. The summed E-state index contributed by atoms with van der Waals surface area (Å²) >= 11 is 0. The van der Waals surface area contributed by atoms with Crippen LogP contribution in [0.2, 0.25) is 0 Å². The van der Waals surface area contributed by atoms with E-state index < -0.39 is 0 Å². The van der Waals surface area contributed by atoms with Gasteiger partial charge in [-0.15, -0.1) is 0 Å². The van der Waals surface area contributed by atoms with Gasteiger partial charge in [0.1, 0.15) is 11.5 Å². The van der Waals surface area contributed by atoms with E-state index in [4.69, 9.17) is 4.74 Å². The van der Waals surface area contributed by atoms with Crippen LogP contribution in [0.15, 0.2) is 30.3 Å². The molecule has 1 heterocycles. The van der Waals surface area contributed by atoms with Crippen LogP contribution in [0.4, 0.5) is 5.69 Å². The SMILES string of the molecule is CCNc1cc2c(cc1C)C(C)=c1ccc(=C(C)C)cc1O2. The first-order valence-electron chi connectivity index (χ1n) is 7.86. The van der Waals surface area contributed by atoms with Gasteiger partial charge in [-0.3, -0.25) is 0 Å². The molecule has 0 radical (unpaired) electrons. The first-order valence-corrected chi connectivity index (χ1v) is 7.86. The number of hydrogen-bond donors (Lipinski definition) is 1. The van der Waals surface area contributed by atoms with E-state index in [-0.39, 0.29) is 0 Å². The molecule has 2 heteroatoms. The molecule has 0 spiro atoms. The zero-order valence-electron chi connectivity index (χ0n) is 14.0. The lowest BCUT2D eigenvalue weighted by Gasteiger charge is -2.21. The maximum Gasteiger partial charge on any atom is 0.137 e. The summed E-state index contributed by atoms with van der Waals surface area (Å²) in [6.45, 7) is 11.6. The van der Waals surface area contributed by atoms with E-state index in [2.05, 4.69) is 70.3 Å². The molecule has 1 N–H and O–H groups in total. The van der Waals surface area contributed by atoms with Crippen molar-refractivity contribution in [3.05, 3.63) is 51.9 Å². The van der Waals surface area contributed by atoms with Gasteiger partial charge in [0.2, 0.25) is 0 Å². The molecule has 0 saturated carbocycles. The summed E-state index contributed by atoms with van der Waals surface area (Å²) in [5.41, 5.74) is 6.17. The van der Waals surface area contributed by atoms with Gasteiger partial charge >= 0.3 is 0 Å². The van der Waals surface area contributed by atoms with Gasteiger partial charge in [-0.05, 0) is 63.1 Å². The molecule has 3 rings (SSSR count). The fourth-order valence-corrected chi connectivity index (χ4v) is 2.94. The standard InChI is InChI=1S/C20H23NO/c1-6-21-18-11-20-17(9-13(18)4)14(5)16-8-7-15(12(2)3)10-19(16)22-20/h7-11,21H,6H2,1-5H3. The Morgan fingerprint density at radius 2 is 1.82 bits per heavy atom. The fourth-order valence-electron chi connectivity index (χ4n) is 2.94. The van der Waals surface area contributed by atoms with Gasteiger partial charge in [0.15, 0.2) is 0 Å². The minimum atomic E-state index is 0.910. The van der Waals surface area contributed by atoms with E-state index in [1.807, 2.05) is 0 Å². The van der Waals surface area contributed by atoms with Crippen LogP contribution in [-0.2, 0) is 0 Å². The smallest absolute Gasteiger partial charge is 0.137 e. The zero-order chi connectivity index (χ0) is 15.9. The van der Waals surface area contributed by atoms with Gasteiger partial charge in [-0.25, -0.2) is 0 Å². The third kappa shape index (κ3) is 2.39. The van der Waals surface area contributed by atoms with Gasteiger partial charge in [-0.2, -0.15) is 0 Å². The lowest BCUT2D eigenvalue weighted by Crippen LogP contribution is -2.19. The van der Waals surface area contributed by atoms with Crippen LogP contribution < -0.4 is 20.5 Å². The Balaban J connectivity index is 2.24. The topological polar surface area (TPSA) is 21.3 Å².